The lowest BCUT2D eigenvalue weighted by molar-refractivity contribution is -0.137. The molecule has 1 heterocycles. The highest BCUT2D eigenvalue weighted by Crippen LogP contribution is 2.31. The van der Waals surface area contributed by atoms with Gasteiger partial charge in [0.25, 0.3) is 5.91 Å². The van der Waals surface area contributed by atoms with Crippen LogP contribution in [0.4, 0.5) is 0 Å². The summed E-state index contributed by atoms with van der Waals surface area (Å²) in [5.74, 6) is -0.476. The van der Waals surface area contributed by atoms with Crippen LogP contribution in [0.15, 0.2) is 41.3 Å². The van der Waals surface area contributed by atoms with E-state index in [2.05, 4.69) is 0 Å². The van der Waals surface area contributed by atoms with Gasteiger partial charge < -0.3 is 9.84 Å². The number of nitrogens with zero attached hydrogens (tertiary/aromatic N) is 1. The molecule has 0 bridgehead atoms. The highest BCUT2D eigenvalue weighted by molar-refractivity contribution is 8.26. The van der Waals surface area contributed by atoms with Crippen LogP contribution in [0.5, 0.6) is 5.75 Å². The first-order valence-electron chi connectivity index (χ1n) is 6.79. The summed E-state index contributed by atoms with van der Waals surface area (Å²) in [6.45, 7) is 0.0908. The van der Waals surface area contributed by atoms with E-state index in [0.29, 0.717) is 9.23 Å². The van der Waals surface area contributed by atoms with E-state index in [-0.39, 0.29) is 18.9 Å². The molecule has 0 aliphatic carbocycles. The lowest BCUT2D eigenvalue weighted by atomic mass is 10.2. The van der Waals surface area contributed by atoms with Gasteiger partial charge in [-0.1, -0.05) is 54.3 Å². The molecule has 0 radical (unpaired) electrons. The molecule has 1 amide bonds. The van der Waals surface area contributed by atoms with E-state index in [9.17, 15) is 9.59 Å². The number of amides is 1. The molecule has 0 unspecified atom stereocenters. The molecule has 0 atom stereocenters. The van der Waals surface area contributed by atoms with Crippen LogP contribution >= 0.6 is 24.0 Å². The molecule has 5 nitrogen and oxygen atoms in total. The number of ether oxygens (including phenoxy) is 1. The van der Waals surface area contributed by atoms with E-state index >= 15 is 0 Å². The Labute approximate surface area is 143 Å². The largest absolute Gasteiger partial charge is 0.496 e. The number of aliphatic carboxylic acids is 1. The molecule has 0 saturated carbocycles. The zero-order chi connectivity index (χ0) is 16.8. The first kappa shape index (κ1) is 17.2. The minimum absolute atomic E-state index is 0.0908. The van der Waals surface area contributed by atoms with Crippen molar-refractivity contribution in [2.45, 2.75) is 6.42 Å². The normalized spacial score (nSPS) is 16.6. The van der Waals surface area contributed by atoms with Gasteiger partial charge >= 0.3 is 5.97 Å². The van der Waals surface area contributed by atoms with Crippen molar-refractivity contribution in [3.63, 3.8) is 0 Å². The molecule has 1 saturated heterocycles. The average Bonchev–Trinajstić information content (AvgIpc) is 2.80. The monoisotopic (exact) mass is 349 g/mol. The molecule has 120 valence electrons. The number of rotatable bonds is 6. The van der Waals surface area contributed by atoms with Crippen molar-refractivity contribution in [2.75, 3.05) is 13.7 Å². The molecule has 1 aromatic rings. The highest BCUT2D eigenvalue weighted by atomic mass is 32.2. The number of carbonyl (C=O) groups is 2. The minimum atomic E-state index is -0.959. The van der Waals surface area contributed by atoms with Gasteiger partial charge in [0, 0.05) is 12.1 Å². The fourth-order valence-corrected chi connectivity index (χ4v) is 3.22. The van der Waals surface area contributed by atoms with Gasteiger partial charge in [-0.05, 0) is 12.1 Å². The van der Waals surface area contributed by atoms with Crippen LogP contribution in [0.1, 0.15) is 12.0 Å². The molecule has 1 aromatic carbocycles. The maximum absolute atomic E-state index is 12.2. The Morgan fingerprint density at radius 3 is 2.87 bits per heavy atom. The van der Waals surface area contributed by atoms with Crippen LogP contribution in [0.25, 0.3) is 6.08 Å². The van der Waals surface area contributed by atoms with E-state index in [1.807, 2.05) is 30.3 Å². The van der Waals surface area contributed by atoms with Crippen molar-refractivity contribution in [1.82, 2.24) is 4.90 Å². The Bertz CT molecular complexity index is 697. The quantitative estimate of drug-likeness (QED) is 0.629. The predicted octanol–water partition coefficient (Wildman–Crippen LogP) is 2.93. The van der Waals surface area contributed by atoms with Crippen molar-refractivity contribution in [3.8, 4) is 5.75 Å². The molecule has 0 spiro atoms. The van der Waals surface area contributed by atoms with Crippen LogP contribution in [0, 0.1) is 0 Å². The summed E-state index contributed by atoms with van der Waals surface area (Å²) >= 11 is 6.29. The number of carboxylic acids is 1. The first-order chi connectivity index (χ1) is 11.0. The van der Waals surface area contributed by atoms with Crippen LogP contribution in [-0.2, 0) is 9.59 Å². The molecule has 23 heavy (non-hydrogen) atoms. The van der Waals surface area contributed by atoms with Crippen LogP contribution in [0.3, 0.4) is 0 Å². The third-order valence-corrected chi connectivity index (χ3v) is 4.48. The van der Waals surface area contributed by atoms with Gasteiger partial charge in [-0.2, -0.15) is 0 Å². The SMILES string of the molecule is COc1ccccc1/C=C/C=C1\SC(=S)N(CCC(=O)O)C1=O. The standard InChI is InChI=1S/C16H15NO4S2/c1-21-12-7-3-2-5-11(12)6-4-8-13-15(20)17(16(22)23-13)10-9-14(18)19/h2-8H,9-10H2,1H3,(H,18,19)/b6-4+,13-8-. The number of carboxylic acid groups (broad SMARTS) is 1. The Kier molecular flexibility index (Phi) is 5.95. The van der Waals surface area contributed by atoms with E-state index < -0.39 is 5.97 Å². The number of hydrogen-bond acceptors (Lipinski definition) is 5. The molecule has 1 fully saturated rings. The fourth-order valence-electron chi connectivity index (χ4n) is 1.96. The summed E-state index contributed by atoms with van der Waals surface area (Å²) in [4.78, 5) is 24.6. The molecular formula is C16H15NO4S2. The van der Waals surface area contributed by atoms with E-state index in [1.54, 1.807) is 19.3 Å². The summed E-state index contributed by atoms with van der Waals surface area (Å²) in [6, 6.07) is 7.53. The van der Waals surface area contributed by atoms with Gasteiger partial charge in [-0.3, -0.25) is 14.5 Å². The summed E-state index contributed by atoms with van der Waals surface area (Å²) in [6.07, 6.45) is 5.13. The Balaban J connectivity index is 2.08. The Morgan fingerprint density at radius 2 is 2.17 bits per heavy atom. The number of allylic oxidation sites excluding steroid dienone is 2. The molecule has 1 N–H and O–H groups in total. The van der Waals surface area contributed by atoms with E-state index in [1.165, 1.54) is 16.7 Å². The van der Waals surface area contributed by atoms with Crippen molar-refractivity contribution < 1.29 is 19.4 Å². The average molecular weight is 349 g/mol. The second-order valence-corrected chi connectivity index (χ2v) is 6.28. The lowest BCUT2D eigenvalue weighted by Gasteiger charge is -2.12. The van der Waals surface area contributed by atoms with Crippen LogP contribution in [-0.4, -0.2) is 39.9 Å². The van der Waals surface area contributed by atoms with Crippen LogP contribution < -0.4 is 4.74 Å². The number of thiocarbonyl (C=S) groups is 1. The maximum atomic E-state index is 12.2. The van der Waals surface area contributed by atoms with Crippen molar-refractivity contribution in [3.05, 3.63) is 46.9 Å². The Hall–Kier alpha value is -2.12. The van der Waals surface area contributed by atoms with Crippen LogP contribution in [0.2, 0.25) is 0 Å². The Morgan fingerprint density at radius 1 is 1.43 bits per heavy atom. The number of para-hydroxylation sites is 1. The molecule has 1 aliphatic rings. The van der Waals surface area contributed by atoms with Crippen molar-refractivity contribution in [2.24, 2.45) is 0 Å². The summed E-state index contributed by atoms with van der Waals surface area (Å²) in [5, 5.41) is 8.70. The predicted molar refractivity (Wildman–Crippen MR) is 94.3 cm³/mol. The van der Waals surface area contributed by atoms with Crippen molar-refractivity contribution >= 4 is 46.3 Å². The summed E-state index contributed by atoms with van der Waals surface area (Å²) < 4.78 is 5.63. The van der Waals surface area contributed by atoms with Gasteiger partial charge in [0.15, 0.2) is 0 Å². The number of hydrogen-bond donors (Lipinski definition) is 1. The zero-order valence-corrected chi connectivity index (χ0v) is 14.0. The smallest absolute Gasteiger partial charge is 0.305 e. The third kappa shape index (κ3) is 4.43. The fraction of sp³-hybridized carbons (Fsp3) is 0.188. The second-order valence-electron chi connectivity index (χ2n) is 4.60. The number of methoxy groups -OCH3 is 1. The van der Waals surface area contributed by atoms with E-state index in [4.69, 9.17) is 22.1 Å². The van der Waals surface area contributed by atoms with Gasteiger partial charge in [-0.25, -0.2) is 0 Å². The topological polar surface area (TPSA) is 66.8 Å². The minimum Gasteiger partial charge on any atom is -0.496 e. The molecule has 1 aliphatic heterocycles. The molecular weight excluding hydrogens is 334 g/mol. The summed E-state index contributed by atoms with van der Waals surface area (Å²) in [5.41, 5.74) is 0.896. The first-order valence-corrected chi connectivity index (χ1v) is 8.02. The van der Waals surface area contributed by atoms with Gasteiger partial charge in [0.05, 0.1) is 18.4 Å². The van der Waals surface area contributed by atoms with Gasteiger partial charge in [-0.15, -0.1) is 0 Å². The second kappa shape index (κ2) is 7.94. The zero-order valence-electron chi connectivity index (χ0n) is 12.4. The van der Waals surface area contributed by atoms with Gasteiger partial charge in [0.2, 0.25) is 0 Å². The number of carbonyl (C=O) groups excluding carboxylic acids is 1. The number of thioether (sulfide) groups is 1. The lowest BCUT2D eigenvalue weighted by Crippen LogP contribution is -2.30. The molecule has 7 heteroatoms. The highest BCUT2D eigenvalue weighted by Gasteiger charge is 2.31. The maximum Gasteiger partial charge on any atom is 0.305 e. The van der Waals surface area contributed by atoms with Gasteiger partial charge in [0.1, 0.15) is 10.1 Å². The van der Waals surface area contributed by atoms with E-state index in [0.717, 1.165) is 11.3 Å². The van der Waals surface area contributed by atoms with Crippen molar-refractivity contribution in [1.29, 1.82) is 0 Å². The summed E-state index contributed by atoms with van der Waals surface area (Å²) in [7, 11) is 1.60. The number of benzene rings is 1. The molecule has 2 rings (SSSR count). The molecule has 0 aromatic heterocycles. The third-order valence-electron chi connectivity index (χ3n) is 3.09.